The Morgan fingerprint density at radius 2 is 1.45 bits per heavy atom. The molecule has 0 aliphatic carbocycles. The zero-order chi connectivity index (χ0) is 9.12. The lowest BCUT2D eigenvalue weighted by molar-refractivity contribution is -0.189. The van der Waals surface area contributed by atoms with Gasteiger partial charge in [-0.15, -0.1) is 0 Å². The number of hydrogen-bond acceptors (Lipinski definition) is 0. The van der Waals surface area contributed by atoms with E-state index in [-0.39, 0.29) is 6.42 Å². The molecule has 0 aromatic carbocycles. The number of alkyl halides is 5. The van der Waals surface area contributed by atoms with Crippen LogP contribution < -0.4 is 0 Å². The molecule has 11 heavy (non-hydrogen) atoms. The zero-order valence-corrected chi connectivity index (χ0v) is 6.01. The summed E-state index contributed by atoms with van der Waals surface area (Å²) in [5.74, 6) is -3.59. The maximum Gasteiger partial charge on any atom is 0.394 e. The van der Waals surface area contributed by atoms with Crippen LogP contribution in [0.25, 0.3) is 0 Å². The number of halogens is 5. The predicted octanol–water partition coefficient (Wildman–Crippen LogP) is 3.37. The molecule has 0 heterocycles. The van der Waals surface area contributed by atoms with Gasteiger partial charge in [0.25, 0.3) is 5.92 Å². The van der Waals surface area contributed by atoms with Crippen molar-refractivity contribution in [1.82, 2.24) is 0 Å². The van der Waals surface area contributed by atoms with Crippen LogP contribution in [0.5, 0.6) is 0 Å². The molecule has 0 aliphatic rings. The Balaban J connectivity index is 3.91. The van der Waals surface area contributed by atoms with Crippen molar-refractivity contribution in [3.8, 4) is 0 Å². The second-order valence-electron chi connectivity index (χ2n) is 2.40. The second-order valence-corrected chi connectivity index (χ2v) is 2.40. The fourth-order valence-electron chi connectivity index (χ4n) is 0.747. The Labute approximate surface area is 61.4 Å². The fraction of sp³-hybridized carbons (Fsp3) is 1.00. The molecule has 0 nitrogen and oxygen atoms in total. The maximum atomic E-state index is 12.2. The molecule has 5 heteroatoms. The van der Waals surface area contributed by atoms with Gasteiger partial charge in [0, 0.05) is 6.42 Å². The molecule has 0 aromatic heterocycles. The second kappa shape index (κ2) is 3.36. The van der Waals surface area contributed by atoms with Crippen LogP contribution in [0.4, 0.5) is 22.0 Å². The molecule has 0 bridgehead atoms. The van der Waals surface area contributed by atoms with Gasteiger partial charge in [0.05, 0.1) is 0 Å². The zero-order valence-electron chi connectivity index (χ0n) is 6.01. The van der Waals surface area contributed by atoms with Crippen LogP contribution >= 0.6 is 0 Å². The summed E-state index contributed by atoms with van der Waals surface area (Å²) in [4.78, 5) is 0. The fourth-order valence-corrected chi connectivity index (χ4v) is 0.747. The summed E-state index contributed by atoms with van der Waals surface area (Å²) in [6, 6.07) is 0. The third-order valence-corrected chi connectivity index (χ3v) is 1.07. The van der Waals surface area contributed by atoms with E-state index >= 15 is 0 Å². The van der Waals surface area contributed by atoms with Gasteiger partial charge in [-0.2, -0.15) is 13.2 Å². The smallest absolute Gasteiger partial charge is 0.207 e. The first-order valence-electron chi connectivity index (χ1n) is 3.21. The average molecular weight is 176 g/mol. The van der Waals surface area contributed by atoms with Crippen molar-refractivity contribution in [3.63, 3.8) is 0 Å². The highest BCUT2D eigenvalue weighted by Crippen LogP contribution is 2.34. The predicted molar refractivity (Wildman–Crippen MR) is 30.5 cm³/mol. The molecule has 0 amide bonds. The quantitative estimate of drug-likeness (QED) is 0.578. The minimum Gasteiger partial charge on any atom is -0.207 e. The SMILES string of the molecule is CCCC(F)(F)CC(F)(F)F. The van der Waals surface area contributed by atoms with Gasteiger partial charge in [-0.3, -0.25) is 0 Å². The number of hydrogen-bond donors (Lipinski definition) is 0. The molecular formula is C6H9F5. The van der Waals surface area contributed by atoms with Gasteiger partial charge in [-0.1, -0.05) is 13.3 Å². The lowest BCUT2D eigenvalue weighted by Crippen LogP contribution is -2.25. The molecule has 0 saturated heterocycles. The Kier molecular flexibility index (Phi) is 3.26. The molecule has 0 radical (unpaired) electrons. The topological polar surface area (TPSA) is 0 Å². The summed E-state index contributed by atoms with van der Waals surface area (Å²) in [6.45, 7) is 1.42. The lowest BCUT2D eigenvalue weighted by atomic mass is 10.1. The van der Waals surface area contributed by atoms with Crippen molar-refractivity contribution >= 4 is 0 Å². The van der Waals surface area contributed by atoms with Crippen LogP contribution in [0.15, 0.2) is 0 Å². The third kappa shape index (κ3) is 6.06. The summed E-state index contributed by atoms with van der Waals surface area (Å²) in [7, 11) is 0. The first kappa shape index (κ1) is 10.7. The van der Waals surface area contributed by atoms with Crippen molar-refractivity contribution in [1.29, 1.82) is 0 Å². The van der Waals surface area contributed by atoms with Crippen LogP contribution in [0, 0.1) is 0 Å². The van der Waals surface area contributed by atoms with Gasteiger partial charge in [-0.05, 0) is 0 Å². The van der Waals surface area contributed by atoms with Crippen LogP contribution in [0.1, 0.15) is 26.2 Å². The molecule has 0 fully saturated rings. The Morgan fingerprint density at radius 3 is 1.73 bits per heavy atom. The molecule has 0 atom stereocenters. The summed E-state index contributed by atoms with van der Waals surface area (Å²) >= 11 is 0. The average Bonchev–Trinajstić information content (AvgIpc) is 1.55. The van der Waals surface area contributed by atoms with Crippen LogP contribution in [-0.4, -0.2) is 12.1 Å². The molecule has 0 saturated carbocycles. The van der Waals surface area contributed by atoms with Gasteiger partial charge in [0.15, 0.2) is 0 Å². The molecule has 0 unspecified atom stereocenters. The van der Waals surface area contributed by atoms with E-state index < -0.39 is 24.9 Å². The Hall–Kier alpha value is -0.350. The van der Waals surface area contributed by atoms with E-state index in [1.165, 1.54) is 6.92 Å². The first-order valence-corrected chi connectivity index (χ1v) is 3.21. The van der Waals surface area contributed by atoms with Crippen molar-refractivity contribution in [2.45, 2.75) is 38.3 Å². The molecule has 0 N–H and O–H groups in total. The minimum atomic E-state index is -4.77. The van der Waals surface area contributed by atoms with Crippen molar-refractivity contribution < 1.29 is 22.0 Å². The van der Waals surface area contributed by atoms with Crippen LogP contribution in [0.3, 0.4) is 0 Å². The molecule has 0 rings (SSSR count). The standard InChI is InChI=1S/C6H9F5/c1-2-3-5(7,8)4-6(9,10)11/h2-4H2,1H3. The van der Waals surface area contributed by atoms with Gasteiger partial charge in [0.1, 0.15) is 6.42 Å². The highest BCUT2D eigenvalue weighted by Gasteiger charge is 2.42. The van der Waals surface area contributed by atoms with Crippen LogP contribution in [-0.2, 0) is 0 Å². The van der Waals surface area contributed by atoms with E-state index in [4.69, 9.17) is 0 Å². The van der Waals surface area contributed by atoms with Gasteiger partial charge in [0.2, 0.25) is 0 Å². The van der Waals surface area contributed by atoms with E-state index in [0.717, 1.165) is 0 Å². The van der Waals surface area contributed by atoms with Gasteiger partial charge in [-0.25, -0.2) is 8.78 Å². The van der Waals surface area contributed by atoms with Crippen molar-refractivity contribution in [2.75, 3.05) is 0 Å². The molecule has 0 aliphatic heterocycles. The monoisotopic (exact) mass is 176 g/mol. The van der Waals surface area contributed by atoms with E-state index in [2.05, 4.69) is 0 Å². The lowest BCUT2D eigenvalue weighted by Gasteiger charge is -2.16. The van der Waals surface area contributed by atoms with Crippen molar-refractivity contribution in [3.05, 3.63) is 0 Å². The maximum absolute atomic E-state index is 12.2. The highest BCUT2D eigenvalue weighted by atomic mass is 19.4. The summed E-state index contributed by atoms with van der Waals surface area (Å²) in [6.07, 6.45) is -7.41. The van der Waals surface area contributed by atoms with E-state index in [1.807, 2.05) is 0 Å². The summed E-state index contributed by atoms with van der Waals surface area (Å²) < 4.78 is 58.6. The largest absolute Gasteiger partial charge is 0.394 e. The number of rotatable bonds is 3. The van der Waals surface area contributed by atoms with E-state index in [0.29, 0.717) is 0 Å². The van der Waals surface area contributed by atoms with Gasteiger partial charge < -0.3 is 0 Å². The Morgan fingerprint density at radius 1 is 1.00 bits per heavy atom. The molecular weight excluding hydrogens is 167 g/mol. The van der Waals surface area contributed by atoms with E-state index in [1.54, 1.807) is 0 Å². The van der Waals surface area contributed by atoms with Crippen LogP contribution in [0.2, 0.25) is 0 Å². The molecule has 0 aromatic rings. The molecule has 68 valence electrons. The normalized spacial score (nSPS) is 13.6. The first-order chi connectivity index (χ1) is 4.77. The third-order valence-electron chi connectivity index (χ3n) is 1.07. The van der Waals surface area contributed by atoms with Gasteiger partial charge >= 0.3 is 6.18 Å². The minimum absolute atomic E-state index is 0.0586. The highest BCUT2D eigenvalue weighted by molar-refractivity contribution is 4.69. The summed E-state index contributed by atoms with van der Waals surface area (Å²) in [5, 5.41) is 0. The van der Waals surface area contributed by atoms with Crippen molar-refractivity contribution in [2.24, 2.45) is 0 Å². The van der Waals surface area contributed by atoms with E-state index in [9.17, 15) is 22.0 Å². The Bertz CT molecular complexity index is 115. The molecule has 0 spiro atoms. The summed E-state index contributed by atoms with van der Waals surface area (Å²) in [5.41, 5.74) is 0.